The van der Waals surface area contributed by atoms with E-state index in [-0.39, 0.29) is 0 Å². The third kappa shape index (κ3) is 4.12. The molecule has 2 nitrogen and oxygen atoms in total. The molecule has 1 fully saturated rings. The van der Waals surface area contributed by atoms with Crippen molar-refractivity contribution in [3.05, 3.63) is 47.8 Å². The van der Waals surface area contributed by atoms with Gasteiger partial charge in [0.05, 0.1) is 0 Å². The summed E-state index contributed by atoms with van der Waals surface area (Å²) in [7, 11) is 0. The average Bonchev–Trinajstić information content (AvgIpc) is 2.56. The summed E-state index contributed by atoms with van der Waals surface area (Å²) in [6, 6.07) is 3.73. The standard InChI is InChI=1S/C19H22F2N2/c1-13-3-2-4-14(9-13)5-6-15-11-22-19(23-12-15)16-7-8-17(20)18(21)10-16/h7-8,10-14H,2-6,9H2,1H3. The van der Waals surface area contributed by atoms with Gasteiger partial charge in [0, 0.05) is 18.0 Å². The molecule has 2 unspecified atom stereocenters. The fourth-order valence-electron chi connectivity index (χ4n) is 3.46. The summed E-state index contributed by atoms with van der Waals surface area (Å²) in [6.07, 6.45) is 11.1. The van der Waals surface area contributed by atoms with Crippen LogP contribution in [-0.4, -0.2) is 9.97 Å². The van der Waals surface area contributed by atoms with Crippen LogP contribution in [0.1, 0.15) is 44.6 Å². The van der Waals surface area contributed by atoms with Gasteiger partial charge in [-0.3, -0.25) is 0 Å². The number of benzene rings is 1. The molecule has 1 aliphatic carbocycles. The SMILES string of the molecule is CC1CCCC(CCc2cnc(-c3ccc(F)c(F)c3)nc2)C1. The minimum atomic E-state index is -0.874. The first-order chi connectivity index (χ1) is 11.1. The Morgan fingerprint density at radius 2 is 1.87 bits per heavy atom. The van der Waals surface area contributed by atoms with Crippen molar-refractivity contribution in [3.63, 3.8) is 0 Å². The van der Waals surface area contributed by atoms with Crippen LogP contribution in [-0.2, 0) is 6.42 Å². The normalized spacial score (nSPS) is 21.3. The van der Waals surface area contributed by atoms with E-state index in [2.05, 4.69) is 16.9 Å². The summed E-state index contributed by atoms with van der Waals surface area (Å²) in [6.45, 7) is 2.34. The molecule has 3 rings (SSSR count). The van der Waals surface area contributed by atoms with E-state index in [0.717, 1.165) is 36.0 Å². The number of hydrogen-bond donors (Lipinski definition) is 0. The second-order valence-corrected chi connectivity index (χ2v) is 6.72. The third-order valence-electron chi connectivity index (χ3n) is 4.77. The van der Waals surface area contributed by atoms with Crippen LogP contribution in [0.25, 0.3) is 11.4 Å². The van der Waals surface area contributed by atoms with Gasteiger partial charge < -0.3 is 0 Å². The highest BCUT2D eigenvalue weighted by Crippen LogP contribution is 2.31. The lowest BCUT2D eigenvalue weighted by Crippen LogP contribution is -2.13. The Hall–Kier alpha value is -1.84. The van der Waals surface area contributed by atoms with E-state index in [1.54, 1.807) is 12.4 Å². The van der Waals surface area contributed by atoms with Gasteiger partial charge in [-0.05, 0) is 54.9 Å². The van der Waals surface area contributed by atoms with Crippen molar-refractivity contribution in [2.75, 3.05) is 0 Å². The van der Waals surface area contributed by atoms with Gasteiger partial charge in [0.2, 0.25) is 0 Å². The number of hydrogen-bond acceptors (Lipinski definition) is 2. The molecule has 4 heteroatoms. The molecule has 0 spiro atoms. The molecule has 0 N–H and O–H groups in total. The van der Waals surface area contributed by atoms with Crippen LogP contribution in [0.2, 0.25) is 0 Å². The van der Waals surface area contributed by atoms with Gasteiger partial charge >= 0.3 is 0 Å². The van der Waals surface area contributed by atoms with Gasteiger partial charge in [0.25, 0.3) is 0 Å². The maximum atomic E-state index is 13.3. The Labute approximate surface area is 136 Å². The quantitative estimate of drug-likeness (QED) is 0.776. The maximum Gasteiger partial charge on any atom is 0.159 e. The summed E-state index contributed by atoms with van der Waals surface area (Å²) in [5, 5.41) is 0. The molecule has 1 heterocycles. The van der Waals surface area contributed by atoms with E-state index >= 15 is 0 Å². The fraction of sp³-hybridized carbons (Fsp3) is 0.474. The van der Waals surface area contributed by atoms with Crippen LogP contribution in [0.3, 0.4) is 0 Å². The monoisotopic (exact) mass is 316 g/mol. The lowest BCUT2D eigenvalue weighted by atomic mass is 9.80. The van der Waals surface area contributed by atoms with E-state index in [0.29, 0.717) is 11.4 Å². The molecule has 0 saturated heterocycles. The molecule has 0 aliphatic heterocycles. The zero-order valence-corrected chi connectivity index (χ0v) is 13.4. The molecule has 0 bridgehead atoms. The van der Waals surface area contributed by atoms with Gasteiger partial charge in [-0.2, -0.15) is 0 Å². The lowest BCUT2D eigenvalue weighted by molar-refractivity contribution is 0.270. The predicted octanol–water partition coefficient (Wildman–Crippen LogP) is 5.18. The van der Waals surface area contributed by atoms with Gasteiger partial charge in [0.15, 0.2) is 17.5 Å². The van der Waals surface area contributed by atoms with Crippen molar-refractivity contribution in [2.24, 2.45) is 11.8 Å². The highest BCUT2D eigenvalue weighted by molar-refractivity contribution is 5.54. The van der Waals surface area contributed by atoms with Crippen LogP contribution in [0.4, 0.5) is 8.78 Å². The summed E-state index contributed by atoms with van der Waals surface area (Å²) in [5.74, 6) is 0.359. The second-order valence-electron chi connectivity index (χ2n) is 6.72. The molecular weight excluding hydrogens is 294 g/mol. The highest BCUT2D eigenvalue weighted by Gasteiger charge is 2.18. The molecule has 2 atom stereocenters. The summed E-state index contributed by atoms with van der Waals surface area (Å²) >= 11 is 0. The van der Waals surface area contributed by atoms with Gasteiger partial charge in [-0.25, -0.2) is 18.7 Å². The van der Waals surface area contributed by atoms with Crippen molar-refractivity contribution in [3.8, 4) is 11.4 Å². The molecular formula is C19H22F2N2. The van der Waals surface area contributed by atoms with Crippen molar-refractivity contribution in [2.45, 2.75) is 45.4 Å². The first kappa shape index (κ1) is 16.0. The second kappa shape index (κ2) is 7.16. The first-order valence-electron chi connectivity index (χ1n) is 8.38. The fourth-order valence-corrected chi connectivity index (χ4v) is 3.46. The van der Waals surface area contributed by atoms with Crippen molar-refractivity contribution in [1.82, 2.24) is 9.97 Å². The van der Waals surface area contributed by atoms with E-state index in [4.69, 9.17) is 0 Å². The Bertz CT molecular complexity index is 655. The smallest absolute Gasteiger partial charge is 0.159 e. The lowest BCUT2D eigenvalue weighted by Gasteiger charge is -2.26. The summed E-state index contributed by atoms with van der Waals surface area (Å²) in [4.78, 5) is 8.60. The summed E-state index contributed by atoms with van der Waals surface area (Å²) in [5.41, 5.74) is 1.60. The molecule has 0 radical (unpaired) electrons. The molecule has 122 valence electrons. The number of aromatic nitrogens is 2. The van der Waals surface area contributed by atoms with Crippen molar-refractivity contribution in [1.29, 1.82) is 0 Å². The minimum absolute atomic E-state index is 0.430. The van der Waals surface area contributed by atoms with E-state index in [1.807, 2.05) is 0 Å². The van der Waals surface area contributed by atoms with Crippen LogP contribution < -0.4 is 0 Å². The van der Waals surface area contributed by atoms with Crippen LogP contribution in [0.15, 0.2) is 30.6 Å². The number of halogens is 2. The van der Waals surface area contributed by atoms with Gasteiger partial charge in [-0.15, -0.1) is 0 Å². The Kier molecular flexibility index (Phi) is 4.99. The molecule has 2 aromatic rings. The molecule has 23 heavy (non-hydrogen) atoms. The van der Waals surface area contributed by atoms with E-state index in [1.165, 1.54) is 38.2 Å². The Balaban J connectivity index is 1.61. The van der Waals surface area contributed by atoms with Crippen molar-refractivity contribution >= 4 is 0 Å². The zero-order chi connectivity index (χ0) is 16.2. The topological polar surface area (TPSA) is 25.8 Å². The van der Waals surface area contributed by atoms with Gasteiger partial charge in [0.1, 0.15) is 0 Å². The number of rotatable bonds is 4. The predicted molar refractivity (Wildman–Crippen MR) is 86.8 cm³/mol. The maximum absolute atomic E-state index is 13.3. The van der Waals surface area contributed by atoms with Crippen LogP contribution >= 0.6 is 0 Å². The molecule has 1 aromatic heterocycles. The Morgan fingerprint density at radius 1 is 1.09 bits per heavy atom. The first-order valence-corrected chi connectivity index (χ1v) is 8.38. The number of aryl methyl sites for hydroxylation is 1. The average molecular weight is 316 g/mol. The third-order valence-corrected chi connectivity index (χ3v) is 4.77. The minimum Gasteiger partial charge on any atom is -0.236 e. The van der Waals surface area contributed by atoms with Gasteiger partial charge in [-0.1, -0.05) is 26.2 Å². The summed E-state index contributed by atoms with van der Waals surface area (Å²) < 4.78 is 26.2. The number of nitrogens with zero attached hydrogens (tertiary/aromatic N) is 2. The van der Waals surface area contributed by atoms with Crippen LogP contribution in [0.5, 0.6) is 0 Å². The van der Waals surface area contributed by atoms with E-state index in [9.17, 15) is 8.78 Å². The molecule has 1 saturated carbocycles. The highest BCUT2D eigenvalue weighted by atomic mass is 19.2. The zero-order valence-electron chi connectivity index (χ0n) is 13.4. The molecule has 1 aromatic carbocycles. The molecule has 0 amide bonds. The largest absolute Gasteiger partial charge is 0.236 e. The van der Waals surface area contributed by atoms with E-state index < -0.39 is 11.6 Å². The Morgan fingerprint density at radius 3 is 2.57 bits per heavy atom. The van der Waals surface area contributed by atoms with Crippen LogP contribution in [0, 0.1) is 23.5 Å². The van der Waals surface area contributed by atoms with Crippen molar-refractivity contribution < 1.29 is 8.78 Å². The molecule has 1 aliphatic rings.